The number of halogens is 1. The quantitative estimate of drug-likeness (QED) is 0.455. The highest BCUT2D eigenvalue weighted by Gasteiger charge is 1.99. The maximum Gasteiger partial charge on any atom is 0.197 e. The molecule has 2 heteroatoms. The zero-order valence-corrected chi connectivity index (χ0v) is 9.89. The van der Waals surface area contributed by atoms with Gasteiger partial charge in [0.05, 0.1) is 0 Å². The minimum atomic E-state index is 0.993. The van der Waals surface area contributed by atoms with Gasteiger partial charge in [0.2, 0.25) is 0 Å². The van der Waals surface area contributed by atoms with E-state index in [9.17, 15) is 0 Å². The van der Waals surface area contributed by atoms with Crippen LogP contribution >= 0.6 is 22.6 Å². The second-order valence-electron chi connectivity index (χ2n) is 3.09. The highest BCUT2D eigenvalue weighted by molar-refractivity contribution is 14.1. The van der Waals surface area contributed by atoms with Crippen LogP contribution in [0.25, 0.3) is 11.1 Å². The average Bonchev–Trinajstić information content (AvgIpc) is 2.30. The summed E-state index contributed by atoms with van der Waals surface area (Å²) in [7, 11) is 0. The Morgan fingerprint density at radius 2 is 1.43 bits per heavy atom. The molecule has 1 aromatic heterocycles. The summed E-state index contributed by atoms with van der Waals surface area (Å²) in [5.74, 6) is 0. The van der Waals surface area contributed by atoms with Crippen molar-refractivity contribution in [3.8, 4) is 11.1 Å². The fourth-order valence-corrected chi connectivity index (χ4v) is 1.81. The molecule has 0 amide bonds. The first-order valence-electron chi connectivity index (χ1n) is 4.50. The first-order chi connectivity index (χ1) is 6.90. The number of benzene rings is 1. The smallest absolute Gasteiger partial charge is 0.196 e. The first kappa shape index (κ1) is 9.65. The SMILES string of the molecule is IC[n+]1ccc(-c2ccccc2)cc1. The van der Waals surface area contributed by atoms with Gasteiger partial charge in [-0.2, -0.15) is 4.57 Å². The minimum absolute atomic E-state index is 0.993. The number of rotatable bonds is 2. The van der Waals surface area contributed by atoms with Gasteiger partial charge >= 0.3 is 0 Å². The standard InChI is InChI=1S/C12H11IN/c13-10-14-8-6-12(7-9-14)11-4-2-1-3-5-11/h1-9H,10H2/q+1. The molecule has 0 atom stereocenters. The van der Waals surface area contributed by atoms with E-state index in [1.807, 2.05) is 6.07 Å². The fraction of sp³-hybridized carbons (Fsp3) is 0.0833. The van der Waals surface area contributed by atoms with E-state index in [2.05, 4.69) is 75.9 Å². The molecule has 0 aliphatic heterocycles. The van der Waals surface area contributed by atoms with Crippen molar-refractivity contribution in [1.82, 2.24) is 0 Å². The van der Waals surface area contributed by atoms with Crippen LogP contribution in [0, 0.1) is 0 Å². The van der Waals surface area contributed by atoms with Crippen LogP contribution in [0.2, 0.25) is 0 Å². The predicted octanol–water partition coefficient (Wildman–Crippen LogP) is 3.03. The Labute approximate surface area is 97.5 Å². The summed E-state index contributed by atoms with van der Waals surface area (Å²) in [6.07, 6.45) is 4.21. The average molecular weight is 296 g/mol. The van der Waals surface area contributed by atoms with Crippen molar-refractivity contribution >= 4 is 22.6 Å². The highest BCUT2D eigenvalue weighted by atomic mass is 127. The van der Waals surface area contributed by atoms with Crippen LogP contribution in [-0.2, 0) is 4.55 Å². The van der Waals surface area contributed by atoms with E-state index in [1.165, 1.54) is 11.1 Å². The van der Waals surface area contributed by atoms with Crippen molar-refractivity contribution in [3.63, 3.8) is 0 Å². The first-order valence-corrected chi connectivity index (χ1v) is 6.03. The molecule has 0 fully saturated rings. The summed E-state index contributed by atoms with van der Waals surface area (Å²) in [6, 6.07) is 14.7. The zero-order chi connectivity index (χ0) is 9.80. The summed E-state index contributed by atoms with van der Waals surface area (Å²) < 4.78 is 3.14. The number of aromatic nitrogens is 1. The summed E-state index contributed by atoms with van der Waals surface area (Å²) in [5, 5.41) is 0. The van der Waals surface area contributed by atoms with Gasteiger partial charge in [0, 0.05) is 12.1 Å². The molecule has 0 N–H and O–H groups in total. The Morgan fingerprint density at radius 3 is 2.00 bits per heavy atom. The third-order valence-electron chi connectivity index (χ3n) is 2.14. The van der Waals surface area contributed by atoms with Crippen LogP contribution in [0.4, 0.5) is 0 Å². The molecule has 0 bridgehead atoms. The number of hydrogen-bond acceptors (Lipinski definition) is 0. The molecule has 0 spiro atoms. The van der Waals surface area contributed by atoms with Crippen LogP contribution in [0.1, 0.15) is 0 Å². The van der Waals surface area contributed by atoms with Gasteiger partial charge in [0.25, 0.3) is 0 Å². The lowest BCUT2D eigenvalue weighted by Gasteiger charge is -1.98. The molecule has 14 heavy (non-hydrogen) atoms. The van der Waals surface area contributed by atoms with Crippen molar-refractivity contribution in [1.29, 1.82) is 0 Å². The normalized spacial score (nSPS) is 10.1. The van der Waals surface area contributed by atoms with Gasteiger partial charge in [-0.15, -0.1) is 0 Å². The lowest BCUT2D eigenvalue weighted by atomic mass is 10.1. The van der Waals surface area contributed by atoms with Crippen molar-refractivity contribution in [2.45, 2.75) is 4.55 Å². The Morgan fingerprint density at radius 1 is 0.857 bits per heavy atom. The van der Waals surface area contributed by atoms with Gasteiger partial charge in [-0.25, -0.2) is 0 Å². The summed E-state index contributed by atoms with van der Waals surface area (Å²) >= 11 is 2.34. The second-order valence-corrected chi connectivity index (χ2v) is 3.77. The highest BCUT2D eigenvalue weighted by Crippen LogP contribution is 2.16. The molecule has 70 valence electrons. The molecule has 2 rings (SSSR count). The molecular weight excluding hydrogens is 285 g/mol. The van der Waals surface area contributed by atoms with E-state index in [-0.39, 0.29) is 0 Å². The van der Waals surface area contributed by atoms with Crippen LogP contribution < -0.4 is 4.57 Å². The minimum Gasteiger partial charge on any atom is -0.196 e. The molecule has 2 aromatic rings. The van der Waals surface area contributed by atoms with Crippen LogP contribution in [0.15, 0.2) is 54.9 Å². The molecule has 1 aromatic carbocycles. The van der Waals surface area contributed by atoms with Gasteiger partial charge in [0.1, 0.15) is 0 Å². The van der Waals surface area contributed by atoms with E-state index in [1.54, 1.807) is 0 Å². The lowest BCUT2D eigenvalue weighted by Crippen LogP contribution is -2.28. The van der Waals surface area contributed by atoms with E-state index >= 15 is 0 Å². The van der Waals surface area contributed by atoms with E-state index in [0.29, 0.717) is 0 Å². The van der Waals surface area contributed by atoms with Gasteiger partial charge in [0.15, 0.2) is 16.9 Å². The van der Waals surface area contributed by atoms with Crippen molar-refractivity contribution < 1.29 is 4.57 Å². The van der Waals surface area contributed by atoms with Gasteiger partial charge in [-0.1, -0.05) is 30.3 Å². The van der Waals surface area contributed by atoms with Crippen LogP contribution in [0.5, 0.6) is 0 Å². The largest absolute Gasteiger partial charge is 0.197 e. The molecule has 0 saturated carbocycles. The Hall–Kier alpha value is -0.900. The Kier molecular flexibility index (Phi) is 3.14. The molecule has 0 aliphatic rings. The van der Waals surface area contributed by atoms with Gasteiger partial charge in [-0.3, -0.25) is 0 Å². The third kappa shape index (κ3) is 2.12. The fourth-order valence-electron chi connectivity index (χ4n) is 1.36. The Balaban J connectivity index is 2.34. The van der Waals surface area contributed by atoms with Crippen molar-refractivity contribution in [2.75, 3.05) is 0 Å². The van der Waals surface area contributed by atoms with Crippen molar-refractivity contribution in [2.24, 2.45) is 0 Å². The van der Waals surface area contributed by atoms with E-state index in [0.717, 1.165) is 4.55 Å². The molecule has 0 saturated heterocycles. The van der Waals surface area contributed by atoms with Crippen LogP contribution in [0.3, 0.4) is 0 Å². The van der Waals surface area contributed by atoms with Gasteiger partial charge in [-0.05, 0) is 33.7 Å². The summed E-state index contributed by atoms with van der Waals surface area (Å²) in [5.41, 5.74) is 2.54. The predicted molar refractivity (Wildman–Crippen MR) is 66.1 cm³/mol. The molecule has 1 nitrogen and oxygen atoms in total. The molecule has 0 unspecified atom stereocenters. The second kappa shape index (κ2) is 4.55. The lowest BCUT2D eigenvalue weighted by molar-refractivity contribution is -0.670. The topological polar surface area (TPSA) is 3.88 Å². The van der Waals surface area contributed by atoms with E-state index in [4.69, 9.17) is 0 Å². The number of hydrogen-bond donors (Lipinski definition) is 0. The maximum atomic E-state index is 2.34. The maximum absolute atomic E-state index is 2.34. The summed E-state index contributed by atoms with van der Waals surface area (Å²) in [4.78, 5) is 0. The van der Waals surface area contributed by atoms with Gasteiger partial charge < -0.3 is 0 Å². The summed E-state index contributed by atoms with van der Waals surface area (Å²) in [6.45, 7) is 0. The van der Waals surface area contributed by atoms with Crippen LogP contribution in [-0.4, -0.2) is 0 Å². The zero-order valence-electron chi connectivity index (χ0n) is 7.73. The third-order valence-corrected chi connectivity index (χ3v) is 2.92. The monoisotopic (exact) mass is 296 g/mol. The molecule has 1 heterocycles. The van der Waals surface area contributed by atoms with E-state index < -0.39 is 0 Å². The number of alkyl halides is 1. The number of nitrogens with zero attached hydrogens (tertiary/aromatic N) is 1. The van der Waals surface area contributed by atoms with Crippen molar-refractivity contribution in [3.05, 3.63) is 54.9 Å². The molecular formula is C12H11IN+. The Bertz CT molecular complexity index is 394. The molecule has 0 aliphatic carbocycles. The molecule has 0 radical (unpaired) electrons. The number of pyridine rings is 1.